The molecule has 2 amide bonds. The van der Waals surface area contributed by atoms with Crippen LogP contribution < -0.4 is 11.1 Å². The third-order valence-corrected chi connectivity index (χ3v) is 14.6. The van der Waals surface area contributed by atoms with Gasteiger partial charge in [-0.25, -0.2) is 32.9 Å². The summed E-state index contributed by atoms with van der Waals surface area (Å²) in [6, 6.07) is 14.1. The molecule has 0 radical (unpaired) electrons. The first-order valence-electron chi connectivity index (χ1n) is 18.4. The molecular formula is C36H37F2N7O12P2S. The van der Waals surface area contributed by atoms with Gasteiger partial charge in [0.25, 0.3) is 5.91 Å². The van der Waals surface area contributed by atoms with Gasteiger partial charge in [0.15, 0.2) is 42.0 Å². The van der Waals surface area contributed by atoms with E-state index in [1.807, 2.05) is 19.1 Å². The lowest BCUT2D eigenvalue weighted by molar-refractivity contribution is -0.146. The molecule has 8 rings (SSSR count). The number of fused-ring (bicyclic) bond motifs is 4. The molecule has 19 nitrogen and oxygen atoms in total. The first-order chi connectivity index (χ1) is 28.7. The molecule has 4 aliphatic heterocycles. The Morgan fingerprint density at radius 2 is 1.65 bits per heavy atom. The number of ketones is 1. The Labute approximate surface area is 343 Å². The van der Waals surface area contributed by atoms with Crippen LogP contribution in [0.5, 0.6) is 0 Å². The van der Waals surface area contributed by atoms with Crippen LogP contribution >= 0.6 is 26.0 Å². The quantitative estimate of drug-likeness (QED) is 0.166. The van der Waals surface area contributed by atoms with Crippen molar-refractivity contribution in [1.29, 1.82) is 0 Å². The fraction of sp³-hybridized carbons (Fsp3) is 0.389. The molecule has 6 heterocycles. The molecule has 0 saturated carbocycles. The molecule has 2 bridgehead atoms. The van der Waals surface area contributed by atoms with Crippen LogP contribution in [0.4, 0.5) is 14.6 Å². The van der Waals surface area contributed by atoms with Crippen molar-refractivity contribution in [2.75, 3.05) is 18.9 Å². The number of nitrogens with zero attached hydrogens (tertiary/aromatic N) is 5. The minimum atomic E-state index is -5.25. The van der Waals surface area contributed by atoms with Gasteiger partial charge < -0.3 is 25.4 Å². The summed E-state index contributed by atoms with van der Waals surface area (Å²) in [6.45, 7) is -4.23. The number of aryl methyl sites for hydroxylation is 1. The summed E-state index contributed by atoms with van der Waals surface area (Å²) in [5.41, 5.74) is 9.10. The van der Waals surface area contributed by atoms with Gasteiger partial charge in [-0.1, -0.05) is 42.0 Å². The number of allylic oxidation sites excluding steroid dienone is 1. The van der Waals surface area contributed by atoms with Crippen molar-refractivity contribution in [3.63, 3.8) is 0 Å². The number of alkyl halides is 2. The van der Waals surface area contributed by atoms with Gasteiger partial charge in [0.1, 0.15) is 36.3 Å². The summed E-state index contributed by atoms with van der Waals surface area (Å²) in [5.74, 6) is -1.64. The number of phosphoric ester groups is 1. The maximum atomic E-state index is 16.5. The zero-order chi connectivity index (χ0) is 42.3. The number of phosphoric acid groups is 1. The number of anilines is 1. The van der Waals surface area contributed by atoms with Crippen molar-refractivity contribution in [3.8, 4) is 0 Å². The second-order valence-corrected chi connectivity index (χ2v) is 19.6. The van der Waals surface area contributed by atoms with Gasteiger partial charge in [-0.05, 0) is 47.6 Å². The van der Waals surface area contributed by atoms with Gasteiger partial charge in [-0.15, -0.1) is 0 Å². The van der Waals surface area contributed by atoms with Crippen LogP contribution in [-0.2, 0) is 58.6 Å². The van der Waals surface area contributed by atoms with Crippen LogP contribution in [-0.4, -0.2) is 103 Å². The Morgan fingerprint density at radius 3 is 2.40 bits per heavy atom. The number of rotatable bonds is 8. The molecule has 2 aromatic carbocycles. The first-order valence-corrected chi connectivity index (χ1v) is 23.0. The van der Waals surface area contributed by atoms with Gasteiger partial charge in [0.05, 0.1) is 26.0 Å². The summed E-state index contributed by atoms with van der Waals surface area (Å²) in [7, 11) is -5.25. The lowest BCUT2D eigenvalue weighted by Gasteiger charge is -2.28. The molecule has 3 fully saturated rings. The standard InChI is InChI=1S/C36H37F2N7O12P2S/c1-19-2-8-22(9-3-19)34(48)40-13-20-4-6-21(7-5-20)16-60-59(51)53-15-25-30(28(38)35(55-25)44-11-10-23(46)12-26(44)47)56-58(49,50)52-14-24-27(37)31(57-59)36(54-24)45-18-43-29-32(39)41-17-42-33(29)45/h2-11,17-18,24-25,27-28,30-31,35-36H,12-16H2,1H3,(H,40,48)(H,49,50)(H2,39,41,42)/t24-,25-,27-,28-,30-,31-,35-,36-,59?/m1/s1. The Kier molecular flexibility index (Phi) is 12.1. The zero-order valence-corrected chi connectivity index (χ0v) is 34.0. The van der Waals surface area contributed by atoms with E-state index in [1.54, 1.807) is 36.4 Å². The molecule has 60 heavy (non-hydrogen) atoms. The highest BCUT2D eigenvalue weighted by molar-refractivity contribution is 8.54. The molecule has 0 spiro atoms. The summed E-state index contributed by atoms with van der Waals surface area (Å²) in [5, 5.41) is 2.86. The molecule has 24 heteroatoms. The van der Waals surface area contributed by atoms with E-state index in [-0.39, 0.29) is 35.2 Å². The predicted octanol–water partition coefficient (Wildman–Crippen LogP) is 4.22. The second-order valence-electron chi connectivity index (χ2n) is 14.1. The highest BCUT2D eigenvalue weighted by atomic mass is 32.7. The van der Waals surface area contributed by atoms with E-state index in [0.717, 1.165) is 34.6 Å². The average Bonchev–Trinajstić information content (AvgIpc) is 3.88. The molecule has 4 aromatic rings. The number of hydrogen-bond donors (Lipinski definition) is 3. The molecule has 10 atom stereocenters. The third-order valence-electron chi connectivity index (χ3n) is 9.98. The molecular weight excluding hydrogens is 854 g/mol. The van der Waals surface area contributed by atoms with Crippen LogP contribution in [0.2, 0.25) is 0 Å². The predicted molar refractivity (Wildman–Crippen MR) is 207 cm³/mol. The third kappa shape index (κ3) is 8.94. The fourth-order valence-electron chi connectivity index (χ4n) is 6.83. The highest BCUT2D eigenvalue weighted by Crippen LogP contribution is 2.65. The number of benzene rings is 2. The molecule has 2 unspecified atom stereocenters. The summed E-state index contributed by atoms with van der Waals surface area (Å²) >= 11 is 0.650. The van der Waals surface area contributed by atoms with E-state index in [0.29, 0.717) is 22.5 Å². The number of hydrogen-bond acceptors (Lipinski definition) is 16. The van der Waals surface area contributed by atoms with Crippen molar-refractivity contribution in [1.82, 2.24) is 29.7 Å². The highest BCUT2D eigenvalue weighted by Gasteiger charge is 2.56. The largest absolute Gasteiger partial charge is 0.472 e. The molecule has 3 saturated heterocycles. The lowest BCUT2D eigenvalue weighted by atomic mass is 10.1. The number of imidazole rings is 1. The number of nitrogens with one attached hydrogen (secondary N) is 1. The Balaban J connectivity index is 1.06. The normalized spacial score (nSPS) is 32.3. The van der Waals surface area contributed by atoms with Gasteiger partial charge in [-0.3, -0.25) is 41.9 Å². The van der Waals surface area contributed by atoms with Crippen molar-refractivity contribution < 1.29 is 64.8 Å². The number of nitrogens with two attached hydrogens (primary N) is 1. The van der Waals surface area contributed by atoms with Gasteiger partial charge in [0.2, 0.25) is 5.91 Å². The second kappa shape index (κ2) is 17.1. The molecule has 4 aliphatic rings. The fourth-order valence-corrected chi connectivity index (χ4v) is 11.1. The number of ether oxygens (including phenoxy) is 2. The van der Waals surface area contributed by atoms with Crippen LogP contribution in [0, 0.1) is 6.92 Å². The van der Waals surface area contributed by atoms with E-state index in [4.69, 9.17) is 33.3 Å². The Bertz CT molecular complexity index is 2410. The van der Waals surface area contributed by atoms with Crippen molar-refractivity contribution in [3.05, 3.63) is 95.7 Å². The maximum Gasteiger partial charge on any atom is 0.472 e. The number of halogens is 2. The Hall–Kier alpha value is -4.47. The summed E-state index contributed by atoms with van der Waals surface area (Å²) in [6.07, 6.45) is -10.9. The van der Waals surface area contributed by atoms with E-state index >= 15 is 8.78 Å². The molecule has 318 valence electrons. The SMILES string of the molecule is Cc1ccc(C(=O)NCc2ccc(CSP3(=O)OC[C@H]4O[C@@H](N5C=CC(=O)CC5=O)[C@H](F)[C@@H]4OP(=O)(O)OC[C@H]4O[C@@H](n5cnc6c(N)ncnc65)[C@H](O3)[C@@H]4F)cc2)cc1. The van der Waals surface area contributed by atoms with Crippen LogP contribution in [0.25, 0.3) is 11.2 Å². The first kappa shape index (κ1) is 42.2. The van der Waals surface area contributed by atoms with Crippen LogP contribution in [0.3, 0.4) is 0 Å². The molecule has 2 aromatic heterocycles. The van der Waals surface area contributed by atoms with E-state index in [2.05, 4.69) is 20.3 Å². The van der Waals surface area contributed by atoms with Crippen molar-refractivity contribution in [2.24, 2.45) is 0 Å². The van der Waals surface area contributed by atoms with Crippen molar-refractivity contribution >= 4 is 60.6 Å². The van der Waals surface area contributed by atoms with Gasteiger partial charge in [-0.2, -0.15) is 0 Å². The topological polar surface area (TPSA) is 246 Å². The zero-order valence-electron chi connectivity index (χ0n) is 31.4. The summed E-state index contributed by atoms with van der Waals surface area (Å²) < 4.78 is 96.2. The van der Waals surface area contributed by atoms with Crippen LogP contribution in [0.1, 0.15) is 39.7 Å². The number of aromatic nitrogens is 4. The van der Waals surface area contributed by atoms with Gasteiger partial charge in [0, 0.05) is 24.1 Å². The number of carbonyl (C=O) groups excluding carboxylic acids is 3. The minimum Gasteiger partial charge on any atom is -0.382 e. The molecule has 4 N–H and O–H groups in total. The Morgan fingerprint density at radius 1 is 0.933 bits per heavy atom. The van der Waals surface area contributed by atoms with Crippen molar-refractivity contribution in [2.45, 2.75) is 74.9 Å². The number of carbonyl (C=O) groups is 3. The smallest absolute Gasteiger partial charge is 0.382 e. The summed E-state index contributed by atoms with van der Waals surface area (Å²) in [4.78, 5) is 61.0. The number of nitrogen functional groups attached to an aromatic ring is 1. The minimum absolute atomic E-state index is 0.000402. The van der Waals surface area contributed by atoms with E-state index < -0.39 is 95.2 Å². The maximum absolute atomic E-state index is 16.5. The van der Waals surface area contributed by atoms with E-state index in [1.165, 1.54) is 10.9 Å². The van der Waals surface area contributed by atoms with Crippen LogP contribution in [0.15, 0.2) is 73.5 Å². The van der Waals surface area contributed by atoms with Gasteiger partial charge >= 0.3 is 14.6 Å². The number of amides is 2. The molecule has 0 aliphatic carbocycles. The van der Waals surface area contributed by atoms with E-state index in [9.17, 15) is 28.4 Å². The average molecular weight is 892 g/mol. The lowest BCUT2D eigenvalue weighted by Crippen LogP contribution is -2.44. The monoisotopic (exact) mass is 891 g/mol.